The van der Waals surface area contributed by atoms with Crippen molar-refractivity contribution in [3.05, 3.63) is 23.8 Å². The molecule has 1 fully saturated rings. The van der Waals surface area contributed by atoms with Crippen LogP contribution in [0.1, 0.15) is 25.3 Å². The van der Waals surface area contributed by atoms with Gasteiger partial charge in [0.1, 0.15) is 0 Å². The fourth-order valence-electron chi connectivity index (χ4n) is 2.10. The number of benzene rings is 1. The summed E-state index contributed by atoms with van der Waals surface area (Å²) in [5.74, 6) is 0. The van der Waals surface area contributed by atoms with E-state index in [-0.39, 0.29) is 12.1 Å². The van der Waals surface area contributed by atoms with Crippen molar-refractivity contribution in [1.29, 1.82) is 5.26 Å². The first-order valence-electron chi connectivity index (χ1n) is 5.88. The summed E-state index contributed by atoms with van der Waals surface area (Å²) in [6.45, 7) is 2.94. The number of nitrogens with one attached hydrogen (secondary N) is 1. The normalized spacial score (nSPS) is 20.8. The van der Waals surface area contributed by atoms with Gasteiger partial charge in [-0.2, -0.15) is 5.26 Å². The zero-order chi connectivity index (χ0) is 12.3. The molecule has 1 aliphatic heterocycles. The highest BCUT2D eigenvalue weighted by atomic mass is 16.5. The Labute approximate surface area is 101 Å². The maximum Gasteiger partial charge on any atom is 0.0992 e. The second kappa shape index (κ2) is 5.07. The largest absolute Gasteiger partial charge is 0.397 e. The molecule has 1 aromatic rings. The molecule has 4 nitrogen and oxygen atoms in total. The molecule has 0 aromatic heterocycles. The van der Waals surface area contributed by atoms with E-state index < -0.39 is 0 Å². The predicted octanol–water partition coefficient (Wildman–Crippen LogP) is 2.12. The van der Waals surface area contributed by atoms with Gasteiger partial charge in [-0.3, -0.25) is 0 Å². The van der Waals surface area contributed by atoms with Gasteiger partial charge in [-0.1, -0.05) is 0 Å². The van der Waals surface area contributed by atoms with Gasteiger partial charge in [0.15, 0.2) is 0 Å². The molecule has 0 bridgehead atoms. The fourth-order valence-corrected chi connectivity index (χ4v) is 2.10. The Morgan fingerprint density at radius 2 is 2.41 bits per heavy atom. The minimum absolute atomic E-state index is 0.229. The first-order valence-corrected chi connectivity index (χ1v) is 5.88. The van der Waals surface area contributed by atoms with Gasteiger partial charge in [0, 0.05) is 12.6 Å². The van der Waals surface area contributed by atoms with Gasteiger partial charge < -0.3 is 15.8 Å². The van der Waals surface area contributed by atoms with Crippen LogP contribution in [0.3, 0.4) is 0 Å². The van der Waals surface area contributed by atoms with Crippen molar-refractivity contribution in [1.82, 2.24) is 0 Å². The molecule has 2 rings (SSSR count). The lowest BCUT2D eigenvalue weighted by atomic mass is 10.1. The second-order valence-corrected chi connectivity index (χ2v) is 4.40. The summed E-state index contributed by atoms with van der Waals surface area (Å²) >= 11 is 0. The zero-order valence-corrected chi connectivity index (χ0v) is 9.94. The predicted molar refractivity (Wildman–Crippen MR) is 67.6 cm³/mol. The van der Waals surface area contributed by atoms with E-state index in [2.05, 4.69) is 18.3 Å². The molecule has 3 N–H and O–H groups in total. The van der Waals surface area contributed by atoms with Crippen molar-refractivity contribution >= 4 is 11.4 Å². The third kappa shape index (κ3) is 2.69. The molecular weight excluding hydrogens is 214 g/mol. The molecular formula is C13H17N3O. The number of nitrogens with zero attached hydrogens (tertiary/aromatic N) is 1. The van der Waals surface area contributed by atoms with Crippen LogP contribution in [-0.4, -0.2) is 18.8 Å². The molecule has 1 aromatic carbocycles. The molecule has 1 aliphatic rings. The number of hydrogen-bond acceptors (Lipinski definition) is 4. The van der Waals surface area contributed by atoms with Gasteiger partial charge in [0.2, 0.25) is 0 Å². The Balaban J connectivity index is 2.05. The maximum absolute atomic E-state index is 8.76. The number of ether oxygens (including phenoxy) is 1. The molecule has 0 spiro atoms. The Morgan fingerprint density at radius 1 is 1.59 bits per heavy atom. The van der Waals surface area contributed by atoms with E-state index in [1.54, 1.807) is 12.1 Å². The fraction of sp³-hybridized carbons (Fsp3) is 0.462. The first kappa shape index (κ1) is 11.7. The first-order chi connectivity index (χ1) is 8.20. The lowest BCUT2D eigenvalue weighted by Gasteiger charge is -2.22. The van der Waals surface area contributed by atoms with Crippen LogP contribution in [0.4, 0.5) is 11.4 Å². The topological polar surface area (TPSA) is 71.1 Å². The third-order valence-corrected chi connectivity index (χ3v) is 3.09. The molecule has 0 saturated carbocycles. The Bertz CT molecular complexity index is 433. The molecule has 0 amide bonds. The standard InChI is InChI=1S/C13H17N3O/c1-9(13-3-2-6-17-13)16-12-5-4-10(8-14)7-11(12)15/h4-5,7,9,13,16H,2-3,6,15H2,1H3. The van der Waals surface area contributed by atoms with E-state index >= 15 is 0 Å². The summed E-state index contributed by atoms with van der Waals surface area (Å²) in [5.41, 5.74) is 7.94. The number of rotatable bonds is 3. The van der Waals surface area contributed by atoms with E-state index in [4.69, 9.17) is 15.7 Å². The van der Waals surface area contributed by atoms with E-state index in [1.807, 2.05) is 6.07 Å². The molecule has 1 heterocycles. The van der Waals surface area contributed by atoms with Gasteiger partial charge in [0.05, 0.1) is 29.1 Å². The lowest BCUT2D eigenvalue weighted by molar-refractivity contribution is 0.0997. The van der Waals surface area contributed by atoms with Gasteiger partial charge in [0.25, 0.3) is 0 Å². The smallest absolute Gasteiger partial charge is 0.0992 e. The monoisotopic (exact) mass is 231 g/mol. The van der Waals surface area contributed by atoms with Crippen molar-refractivity contribution in [2.75, 3.05) is 17.7 Å². The Morgan fingerprint density at radius 3 is 3.00 bits per heavy atom. The lowest BCUT2D eigenvalue weighted by Crippen LogP contribution is -2.30. The maximum atomic E-state index is 8.76. The highest BCUT2D eigenvalue weighted by Gasteiger charge is 2.22. The van der Waals surface area contributed by atoms with Crippen LogP contribution < -0.4 is 11.1 Å². The van der Waals surface area contributed by atoms with Crippen LogP contribution in [0.5, 0.6) is 0 Å². The molecule has 17 heavy (non-hydrogen) atoms. The van der Waals surface area contributed by atoms with Crippen molar-refractivity contribution in [3.63, 3.8) is 0 Å². The van der Waals surface area contributed by atoms with Crippen LogP contribution in [0, 0.1) is 11.3 Å². The summed E-state index contributed by atoms with van der Waals surface area (Å²) in [5, 5.41) is 12.1. The number of anilines is 2. The van der Waals surface area contributed by atoms with Gasteiger partial charge in [-0.05, 0) is 38.0 Å². The number of nitrogen functional groups attached to an aromatic ring is 1. The number of nitrogens with two attached hydrogens (primary N) is 1. The van der Waals surface area contributed by atoms with Crippen LogP contribution in [0.25, 0.3) is 0 Å². The minimum Gasteiger partial charge on any atom is -0.397 e. The van der Waals surface area contributed by atoms with E-state index in [1.165, 1.54) is 0 Å². The molecule has 0 aliphatic carbocycles. The molecule has 1 saturated heterocycles. The second-order valence-electron chi connectivity index (χ2n) is 4.40. The third-order valence-electron chi connectivity index (χ3n) is 3.09. The Hall–Kier alpha value is -1.73. The summed E-state index contributed by atoms with van der Waals surface area (Å²) in [4.78, 5) is 0. The molecule has 2 atom stereocenters. The zero-order valence-electron chi connectivity index (χ0n) is 9.94. The van der Waals surface area contributed by atoms with Crippen LogP contribution in [0.2, 0.25) is 0 Å². The molecule has 4 heteroatoms. The Kier molecular flexibility index (Phi) is 3.50. The van der Waals surface area contributed by atoms with Gasteiger partial charge in [-0.25, -0.2) is 0 Å². The summed E-state index contributed by atoms with van der Waals surface area (Å²) in [6.07, 6.45) is 2.47. The van der Waals surface area contributed by atoms with E-state index in [9.17, 15) is 0 Å². The molecule has 2 unspecified atom stereocenters. The van der Waals surface area contributed by atoms with Crippen molar-refractivity contribution in [2.45, 2.75) is 31.9 Å². The number of hydrogen-bond donors (Lipinski definition) is 2. The highest BCUT2D eigenvalue weighted by molar-refractivity contribution is 5.68. The van der Waals surface area contributed by atoms with Gasteiger partial charge in [-0.15, -0.1) is 0 Å². The van der Waals surface area contributed by atoms with Crippen LogP contribution in [0.15, 0.2) is 18.2 Å². The van der Waals surface area contributed by atoms with E-state index in [0.717, 1.165) is 25.1 Å². The van der Waals surface area contributed by atoms with E-state index in [0.29, 0.717) is 11.3 Å². The average Bonchev–Trinajstić information content (AvgIpc) is 2.85. The molecule has 90 valence electrons. The summed E-state index contributed by atoms with van der Waals surface area (Å²) < 4.78 is 5.62. The van der Waals surface area contributed by atoms with Crippen molar-refractivity contribution < 1.29 is 4.74 Å². The summed E-state index contributed by atoms with van der Waals surface area (Å²) in [7, 11) is 0. The van der Waals surface area contributed by atoms with Crippen LogP contribution in [-0.2, 0) is 4.74 Å². The quantitative estimate of drug-likeness (QED) is 0.782. The van der Waals surface area contributed by atoms with Crippen molar-refractivity contribution in [2.24, 2.45) is 0 Å². The van der Waals surface area contributed by atoms with Gasteiger partial charge >= 0.3 is 0 Å². The highest BCUT2D eigenvalue weighted by Crippen LogP contribution is 2.23. The van der Waals surface area contributed by atoms with Crippen LogP contribution >= 0.6 is 0 Å². The summed E-state index contributed by atoms with van der Waals surface area (Å²) in [6, 6.07) is 7.60. The average molecular weight is 231 g/mol. The number of nitriles is 1. The SMILES string of the molecule is CC(Nc1ccc(C#N)cc1N)C1CCCO1. The molecule has 0 radical (unpaired) electrons. The van der Waals surface area contributed by atoms with Crippen molar-refractivity contribution in [3.8, 4) is 6.07 Å². The minimum atomic E-state index is 0.229.